The van der Waals surface area contributed by atoms with Gasteiger partial charge in [-0.1, -0.05) is 0 Å². The Balaban J connectivity index is 2.17. The molecule has 0 radical (unpaired) electrons. The molecule has 0 aromatic carbocycles. The quantitative estimate of drug-likeness (QED) is 0.488. The number of aliphatic hydroxyl groups is 1. The van der Waals surface area contributed by atoms with Gasteiger partial charge in [0.1, 0.15) is 0 Å². The third-order valence-corrected chi connectivity index (χ3v) is 1.92. The molecule has 0 saturated carbocycles. The molecule has 0 aromatic heterocycles. The summed E-state index contributed by atoms with van der Waals surface area (Å²) in [6, 6.07) is 0.591. The van der Waals surface area contributed by atoms with Crippen molar-refractivity contribution in [2.75, 3.05) is 20.2 Å². The van der Waals surface area contributed by atoms with Gasteiger partial charge in [-0.05, 0) is 13.5 Å². The summed E-state index contributed by atoms with van der Waals surface area (Å²) < 4.78 is 0. The van der Waals surface area contributed by atoms with E-state index >= 15 is 0 Å². The maximum atomic E-state index is 8.86. The number of aliphatic imine (C=N–C) groups is 1. The van der Waals surface area contributed by atoms with Crippen molar-refractivity contribution in [1.29, 1.82) is 0 Å². The fraction of sp³-hybridized carbons (Fsp3) is 0.857. The van der Waals surface area contributed by atoms with Crippen molar-refractivity contribution in [2.24, 2.45) is 4.99 Å². The van der Waals surface area contributed by atoms with Gasteiger partial charge in [0, 0.05) is 12.1 Å². The van der Waals surface area contributed by atoms with Crippen LogP contribution in [0, 0.1) is 0 Å². The minimum absolute atomic E-state index is 0.189. The lowest BCUT2D eigenvalue weighted by Crippen LogP contribution is -2.37. The Morgan fingerprint density at radius 1 is 1.91 bits per heavy atom. The topological polar surface area (TPSA) is 56.6 Å². The van der Waals surface area contributed by atoms with Gasteiger partial charge in [-0.25, -0.2) is 0 Å². The van der Waals surface area contributed by atoms with Gasteiger partial charge >= 0.3 is 0 Å². The highest BCUT2D eigenvalue weighted by Crippen LogP contribution is 2.00. The van der Waals surface area contributed by atoms with Crippen molar-refractivity contribution < 1.29 is 5.11 Å². The van der Waals surface area contributed by atoms with E-state index in [1.807, 2.05) is 7.05 Å². The van der Waals surface area contributed by atoms with Crippen molar-refractivity contribution in [3.05, 3.63) is 0 Å². The lowest BCUT2D eigenvalue weighted by atomic mass is 10.1. The highest BCUT2D eigenvalue weighted by atomic mass is 16.3. The standard InChI is InChI=1S/C7H15N3O/c1-8-7(4-11)2-6-3-9-5-10-6/h5-8,11H,2-4H2,1H3,(H,9,10)/t6?,7-/m0/s1. The van der Waals surface area contributed by atoms with E-state index < -0.39 is 0 Å². The fourth-order valence-corrected chi connectivity index (χ4v) is 1.16. The molecule has 1 aliphatic heterocycles. The normalized spacial score (nSPS) is 25.1. The maximum absolute atomic E-state index is 8.86. The van der Waals surface area contributed by atoms with E-state index in [4.69, 9.17) is 5.11 Å². The van der Waals surface area contributed by atoms with Crippen LogP contribution in [0.5, 0.6) is 0 Å². The van der Waals surface area contributed by atoms with E-state index in [9.17, 15) is 0 Å². The van der Waals surface area contributed by atoms with Crippen molar-refractivity contribution in [3.8, 4) is 0 Å². The molecule has 0 fully saturated rings. The lowest BCUT2D eigenvalue weighted by molar-refractivity contribution is 0.235. The van der Waals surface area contributed by atoms with Crippen LogP contribution in [-0.4, -0.2) is 43.7 Å². The highest BCUT2D eigenvalue weighted by Gasteiger charge is 2.15. The number of aliphatic hydroxyl groups excluding tert-OH is 1. The molecule has 1 aliphatic rings. The molecular formula is C7H15N3O. The molecule has 1 heterocycles. The third kappa shape index (κ3) is 2.48. The summed E-state index contributed by atoms with van der Waals surface area (Å²) >= 11 is 0. The Labute approximate surface area is 66.7 Å². The van der Waals surface area contributed by atoms with Crippen LogP contribution in [0.4, 0.5) is 0 Å². The monoisotopic (exact) mass is 157 g/mol. The number of nitrogens with one attached hydrogen (secondary N) is 2. The second-order valence-electron chi connectivity index (χ2n) is 2.76. The van der Waals surface area contributed by atoms with Crippen LogP contribution < -0.4 is 10.6 Å². The Kier molecular flexibility index (Phi) is 3.32. The first-order valence-electron chi connectivity index (χ1n) is 3.89. The van der Waals surface area contributed by atoms with Crippen LogP contribution in [0.2, 0.25) is 0 Å². The molecule has 0 amide bonds. The van der Waals surface area contributed by atoms with Crippen LogP contribution >= 0.6 is 0 Å². The van der Waals surface area contributed by atoms with Gasteiger partial charge < -0.3 is 15.7 Å². The molecule has 11 heavy (non-hydrogen) atoms. The smallest absolute Gasteiger partial charge is 0.0827 e. The van der Waals surface area contributed by atoms with E-state index in [1.165, 1.54) is 0 Å². The Morgan fingerprint density at radius 2 is 2.73 bits per heavy atom. The number of rotatable bonds is 4. The van der Waals surface area contributed by atoms with E-state index in [2.05, 4.69) is 15.6 Å². The summed E-state index contributed by atoms with van der Waals surface area (Å²) in [6.45, 7) is 1.02. The Bertz CT molecular complexity index is 126. The van der Waals surface area contributed by atoms with Crippen molar-refractivity contribution in [3.63, 3.8) is 0 Å². The van der Waals surface area contributed by atoms with E-state index in [1.54, 1.807) is 6.34 Å². The molecular weight excluding hydrogens is 142 g/mol. The predicted octanol–water partition coefficient (Wildman–Crippen LogP) is -1.04. The molecule has 0 aliphatic carbocycles. The van der Waals surface area contributed by atoms with Gasteiger partial charge in [0.25, 0.3) is 0 Å². The van der Waals surface area contributed by atoms with Crippen molar-refractivity contribution >= 4 is 6.34 Å². The minimum atomic E-state index is 0.189. The SMILES string of the molecule is CN[C@H](CO)CC1CN=CN1. The van der Waals surface area contributed by atoms with Crippen LogP contribution in [0.3, 0.4) is 0 Å². The zero-order valence-corrected chi connectivity index (χ0v) is 6.75. The van der Waals surface area contributed by atoms with E-state index in [-0.39, 0.29) is 12.6 Å². The number of nitrogens with zero attached hydrogens (tertiary/aromatic N) is 1. The van der Waals surface area contributed by atoms with Crippen molar-refractivity contribution in [1.82, 2.24) is 10.6 Å². The van der Waals surface area contributed by atoms with E-state index in [0.717, 1.165) is 13.0 Å². The molecule has 0 spiro atoms. The third-order valence-electron chi connectivity index (χ3n) is 1.92. The zero-order valence-electron chi connectivity index (χ0n) is 6.75. The molecule has 4 heteroatoms. The molecule has 2 atom stereocenters. The molecule has 64 valence electrons. The largest absolute Gasteiger partial charge is 0.395 e. The summed E-state index contributed by atoms with van der Waals surface area (Å²) in [6.07, 6.45) is 2.65. The average Bonchev–Trinajstić information content (AvgIpc) is 2.52. The second kappa shape index (κ2) is 4.31. The van der Waals surface area contributed by atoms with Gasteiger partial charge in [0.05, 0.1) is 19.5 Å². The summed E-state index contributed by atoms with van der Waals surface area (Å²) in [5.41, 5.74) is 0. The highest BCUT2D eigenvalue weighted by molar-refractivity contribution is 5.57. The first-order valence-corrected chi connectivity index (χ1v) is 3.89. The Hall–Kier alpha value is -0.610. The summed E-state index contributed by atoms with van der Waals surface area (Å²) in [5.74, 6) is 0. The van der Waals surface area contributed by atoms with Crippen LogP contribution in [0.25, 0.3) is 0 Å². The number of hydrogen-bond donors (Lipinski definition) is 3. The van der Waals surface area contributed by atoms with Crippen LogP contribution in [-0.2, 0) is 0 Å². The van der Waals surface area contributed by atoms with Gasteiger partial charge in [-0.2, -0.15) is 0 Å². The molecule has 0 saturated heterocycles. The number of hydrogen-bond acceptors (Lipinski definition) is 4. The molecule has 4 nitrogen and oxygen atoms in total. The molecule has 3 N–H and O–H groups in total. The van der Waals surface area contributed by atoms with Gasteiger partial charge in [-0.15, -0.1) is 0 Å². The zero-order chi connectivity index (χ0) is 8.10. The van der Waals surface area contributed by atoms with Gasteiger partial charge in [-0.3, -0.25) is 4.99 Å². The van der Waals surface area contributed by atoms with Crippen LogP contribution in [0.15, 0.2) is 4.99 Å². The lowest BCUT2D eigenvalue weighted by Gasteiger charge is -2.17. The minimum Gasteiger partial charge on any atom is -0.395 e. The molecule has 1 rings (SSSR count). The number of likely N-dealkylation sites (N-methyl/N-ethyl adjacent to an activating group) is 1. The molecule has 1 unspecified atom stereocenters. The maximum Gasteiger partial charge on any atom is 0.0827 e. The summed E-state index contributed by atoms with van der Waals surface area (Å²) in [4.78, 5) is 4.04. The van der Waals surface area contributed by atoms with Gasteiger partial charge in [0.2, 0.25) is 0 Å². The summed E-state index contributed by atoms with van der Waals surface area (Å²) in [7, 11) is 1.86. The first kappa shape index (κ1) is 8.49. The van der Waals surface area contributed by atoms with Crippen LogP contribution in [0.1, 0.15) is 6.42 Å². The van der Waals surface area contributed by atoms with Gasteiger partial charge in [0.15, 0.2) is 0 Å². The fourth-order valence-electron chi connectivity index (χ4n) is 1.16. The Morgan fingerprint density at radius 3 is 3.18 bits per heavy atom. The van der Waals surface area contributed by atoms with E-state index in [0.29, 0.717) is 6.04 Å². The second-order valence-corrected chi connectivity index (χ2v) is 2.76. The first-order chi connectivity index (χ1) is 5.36. The average molecular weight is 157 g/mol. The van der Waals surface area contributed by atoms with Crippen molar-refractivity contribution in [2.45, 2.75) is 18.5 Å². The predicted molar refractivity (Wildman–Crippen MR) is 44.8 cm³/mol. The molecule has 0 aromatic rings. The summed E-state index contributed by atoms with van der Waals surface area (Å²) in [5, 5.41) is 15.0. The molecule has 0 bridgehead atoms.